The van der Waals surface area contributed by atoms with Gasteiger partial charge in [0.15, 0.2) is 0 Å². The Bertz CT molecular complexity index is 810. The van der Waals surface area contributed by atoms with E-state index < -0.39 is 6.23 Å². The van der Waals surface area contributed by atoms with E-state index in [1.807, 2.05) is 24.3 Å². The fraction of sp³-hybridized carbons (Fsp3) is 0.125. The summed E-state index contributed by atoms with van der Waals surface area (Å²) < 4.78 is 6.78. The topological polar surface area (TPSA) is 41.9 Å². The minimum Gasteiger partial charge on any atom is -0.446 e. The molecule has 0 fully saturated rings. The van der Waals surface area contributed by atoms with Crippen molar-refractivity contribution < 1.29 is 9.53 Å². The van der Waals surface area contributed by atoms with Crippen LogP contribution in [0, 0.1) is 0 Å². The number of ether oxygens (including phenoxy) is 1. The van der Waals surface area contributed by atoms with Gasteiger partial charge in [0.25, 0.3) is 0 Å². The SMILES string of the molecule is CC(=O)N1N=C(c2cccc(Br)c2)OC1c1ccc(Cl)cc1Cl. The van der Waals surface area contributed by atoms with E-state index in [0.29, 0.717) is 21.5 Å². The van der Waals surface area contributed by atoms with Gasteiger partial charge in [-0.25, -0.2) is 0 Å². The molecule has 1 heterocycles. The van der Waals surface area contributed by atoms with Crippen LogP contribution in [0.4, 0.5) is 0 Å². The fourth-order valence-corrected chi connectivity index (χ4v) is 3.11. The molecule has 0 bridgehead atoms. The zero-order valence-corrected chi connectivity index (χ0v) is 15.1. The number of benzene rings is 2. The highest BCUT2D eigenvalue weighted by molar-refractivity contribution is 9.10. The molecule has 0 aromatic heterocycles. The lowest BCUT2D eigenvalue weighted by Gasteiger charge is -2.20. The summed E-state index contributed by atoms with van der Waals surface area (Å²) in [7, 11) is 0. The third-order valence-electron chi connectivity index (χ3n) is 3.27. The Balaban J connectivity index is 1.99. The van der Waals surface area contributed by atoms with E-state index in [9.17, 15) is 4.79 Å². The first-order chi connectivity index (χ1) is 11.0. The van der Waals surface area contributed by atoms with E-state index in [1.165, 1.54) is 11.9 Å². The zero-order valence-electron chi connectivity index (χ0n) is 12.0. The number of hydrazone groups is 1. The van der Waals surface area contributed by atoms with Gasteiger partial charge < -0.3 is 4.74 Å². The van der Waals surface area contributed by atoms with Crippen LogP contribution in [0.25, 0.3) is 0 Å². The van der Waals surface area contributed by atoms with E-state index in [0.717, 1.165) is 10.0 Å². The number of amides is 1. The zero-order chi connectivity index (χ0) is 16.6. The summed E-state index contributed by atoms with van der Waals surface area (Å²) >= 11 is 15.6. The summed E-state index contributed by atoms with van der Waals surface area (Å²) in [5.74, 6) is 0.114. The minimum absolute atomic E-state index is 0.244. The molecule has 1 amide bonds. The number of halogens is 3. The molecule has 0 saturated carbocycles. The van der Waals surface area contributed by atoms with Gasteiger partial charge in [0.1, 0.15) is 0 Å². The molecule has 0 aliphatic carbocycles. The van der Waals surface area contributed by atoms with E-state index >= 15 is 0 Å². The molecule has 1 unspecified atom stereocenters. The maximum absolute atomic E-state index is 11.9. The lowest BCUT2D eigenvalue weighted by atomic mass is 10.2. The Morgan fingerprint density at radius 3 is 2.70 bits per heavy atom. The van der Waals surface area contributed by atoms with Crippen molar-refractivity contribution in [3.63, 3.8) is 0 Å². The van der Waals surface area contributed by atoms with Gasteiger partial charge in [-0.05, 0) is 30.3 Å². The minimum atomic E-state index is -0.716. The molecule has 0 spiro atoms. The predicted molar refractivity (Wildman–Crippen MR) is 93.5 cm³/mol. The molecule has 118 valence electrons. The second kappa shape index (κ2) is 6.51. The molecule has 1 aliphatic rings. The van der Waals surface area contributed by atoms with Gasteiger partial charge in [-0.3, -0.25) is 4.79 Å². The Labute approximate surface area is 151 Å². The van der Waals surface area contributed by atoms with Crippen LogP contribution in [0.15, 0.2) is 52.0 Å². The van der Waals surface area contributed by atoms with Crippen molar-refractivity contribution in [2.24, 2.45) is 5.10 Å². The molecule has 1 aliphatic heterocycles. The Morgan fingerprint density at radius 1 is 1.26 bits per heavy atom. The van der Waals surface area contributed by atoms with Gasteiger partial charge in [0.2, 0.25) is 18.0 Å². The maximum Gasteiger partial charge on any atom is 0.243 e. The highest BCUT2D eigenvalue weighted by Crippen LogP contribution is 2.35. The van der Waals surface area contributed by atoms with Crippen molar-refractivity contribution in [2.75, 3.05) is 0 Å². The van der Waals surface area contributed by atoms with Crippen molar-refractivity contribution in [1.29, 1.82) is 0 Å². The normalized spacial score (nSPS) is 17.0. The molecule has 4 nitrogen and oxygen atoms in total. The molecule has 0 saturated heterocycles. The highest BCUT2D eigenvalue weighted by Gasteiger charge is 2.34. The van der Waals surface area contributed by atoms with Crippen LogP contribution in [-0.2, 0) is 9.53 Å². The quantitative estimate of drug-likeness (QED) is 0.695. The largest absolute Gasteiger partial charge is 0.446 e. The van der Waals surface area contributed by atoms with E-state index in [2.05, 4.69) is 21.0 Å². The first kappa shape index (κ1) is 16.3. The first-order valence-electron chi connectivity index (χ1n) is 6.71. The molecule has 2 aromatic rings. The van der Waals surface area contributed by atoms with E-state index in [-0.39, 0.29) is 5.91 Å². The van der Waals surface area contributed by atoms with Crippen LogP contribution >= 0.6 is 39.1 Å². The number of nitrogens with zero attached hydrogens (tertiary/aromatic N) is 2. The average Bonchev–Trinajstić information content (AvgIpc) is 2.92. The van der Waals surface area contributed by atoms with Crippen molar-refractivity contribution >= 4 is 50.9 Å². The van der Waals surface area contributed by atoms with Crippen LogP contribution in [0.5, 0.6) is 0 Å². The number of hydrogen-bond acceptors (Lipinski definition) is 3. The summed E-state index contributed by atoms with van der Waals surface area (Å²) in [5.41, 5.74) is 1.39. The summed E-state index contributed by atoms with van der Waals surface area (Å²) in [6, 6.07) is 12.5. The first-order valence-corrected chi connectivity index (χ1v) is 8.26. The van der Waals surface area contributed by atoms with Crippen LogP contribution in [-0.4, -0.2) is 16.8 Å². The number of hydrogen-bond donors (Lipinski definition) is 0. The highest BCUT2D eigenvalue weighted by atomic mass is 79.9. The van der Waals surface area contributed by atoms with E-state index in [4.69, 9.17) is 27.9 Å². The monoisotopic (exact) mass is 412 g/mol. The summed E-state index contributed by atoms with van der Waals surface area (Å²) in [6.07, 6.45) is -0.716. The molecule has 2 aromatic carbocycles. The van der Waals surface area contributed by atoms with Crippen molar-refractivity contribution in [3.05, 3.63) is 68.1 Å². The molecule has 7 heteroatoms. The fourth-order valence-electron chi connectivity index (χ4n) is 2.21. The predicted octanol–water partition coefficient (Wildman–Crippen LogP) is 5.00. The van der Waals surface area contributed by atoms with Gasteiger partial charge in [0.05, 0.1) is 5.02 Å². The number of carbonyl (C=O) groups excluding carboxylic acids is 1. The number of rotatable bonds is 2. The third-order valence-corrected chi connectivity index (χ3v) is 4.32. The van der Waals surface area contributed by atoms with Gasteiger partial charge >= 0.3 is 0 Å². The van der Waals surface area contributed by atoms with Gasteiger partial charge in [-0.1, -0.05) is 51.3 Å². The molecule has 1 atom stereocenters. The maximum atomic E-state index is 11.9. The average molecular weight is 414 g/mol. The Kier molecular flexibility index (Phi) is 4.62. The Morgan fingerprint density at radius 2 is 2.04 bits per heavy atom. The Hall–Kier alpha value is -1.56. The van der Waals surface area contributed by atoms with Gasteiger partial charge in [-0.15, -0.1) is 5.10 Å². The van der Waals surface area contributed by atoms with Crippen molar-refractivity contribution in [2.45, 2.75) is 13.2 Å². The van der Waals surface area contributed by atoms with Crippen LogP contribution in [0.3, 0.4) is 0 Å². The molecule has 3 rings (SSSR count). The standard InChI is InChI=1S/C16H11BrCl2N2O2/c1-9(22)21-16(13-6-5-12(18)8-14(13)19)23-15(20-21)10-3-2-4-11(17)7-10/h2-8,16H,1H3. The van der Waals surface area contributed by atoms with Crippen LogP contribution < -0.4 is 0 Å². The molecular weight excluding hydrogens is 403 g/mol. The molecular formula is C16H11BrCl2N2O2. The van der Waals surface area contributed by atoms with Gasteiger partial charge in [-0.2, -0.15) is 5.01 Å². The third kappa shape index (κ3) is 3.37. The summed E-state index contributed by atoms with van der Waals surface area (Å²) in [6.45, 7) is 1.42. The second-order valence-corrected chi connectivity index (χ2v) is 6.67. The van der Waals surface area contributed by atoms with Crippen molar-refractivity contribution in [3.8, 4) is 0 Å². The number of carbonyl (C=O) groups is 1. The molecule has 23 heavy (non-hydrogen) atoms. The van der Waals surface area contributed by atoms with Crippen LogP contribution in [0.2, 0.25) is 10.0 Å². The summed E-state index contributed by atoms with van der Waals surface area (Å²) in [5, 5.41) is 6.48. The second-order valence-electron chi connectivity index (χ2n) is 4.92. The molecule has 0 N–H and O–H groups in total. The molecule has 0 radical (unpaired) electrons. The van der Waals surface area contributed by atoms with Crippen molar-refractivity contribution in [1.82, 2.24) is 5.01 Å². The lowest BCUT2D eigenvalue weighted by Crippen LogP contribution is -2.25. The van der Waals surface area contributed by atoms with Crippen LogP contribution in [0.1, 0.15) is 24.3 Å². The van der Waals surface area contributed by atoms with Gasteiger partial charge in [0, 0.05) is 27.5 Å². The lowest BCUT2D eigenvalue weighted by molar-refractivity contribution is -0.135. The summed E-state index contributed by atoms with van der Waals surface area (Å²) in [4.78, 5) is 11.9. The smallest absolute Gasteiger partial charge is 0.243 e. The van der Waals surface area contributed by atoms with E-state index in [1.54, 1.807) is 18.2 Å².